The van der Waals surface area contributed by atoms with Gasteiger partial charge in [0.05, 0.1) is 22.3 Å². The molecule has 1 amide bonds. The molecule has 7 N–H and O–H groups in total. The Kier molecular flexibility index (Phi) is 5.22. The highest BCUT2D eigenvalue weighted by molar-refractivity contribution is 5.83. The molecule has 0 fully saturated rings. The second kappa shape index (κ2) is 6.99. The maximum absolute atomic E-state index is 12.0. The highest BCUT2D eigenvalue weighted by Crippen LogP contribution is 2.35. The number of rotatable bonds is 5. The van der Waals surface area contributed by atoms with Gasteiger partial charge in [-0.2, -0.15) is 0 Å². The number of aliphatic hydroxyl groups excluding tert-OH is 2. The smallest absolute Gasteiger partial charge is 0.271 e. The summed E-state index contributed by atoms with van der Waals surface area (Å²) in [5, 5.41) is 38.2. The van der Waals surface area contributed by atoms with Crippen molar-refractivity contribution in [2.45, 2.75) is 38.9 Å². The molecule has 1 aliphatic rings. The highest BCUT2D eigenvalue weighted by atomic mass is 16.6. The zero-order chi connectivity index (χ0) is 18.0. The predicted octanol–water partition coefficient (Wildman–Crippen LogP) is -0.332. The van der Waals surface area contributed by atoms with Crippen molar-refractivity contribution in [2.24, 2.45) is 11.7 Å². The first-order valence-electron chi connectivity index (χ1n) is 7.44. The maximum atomic E-state index is 12.0. The zero-order valence-electron chi connectivity index (χ0n) is 13.3. The Morgan fingerprint density at radius 3 is 2.58 bits per heavy atom. The minimum Gasteiger partial charge on any atom is -0.369 e. The van der Waals surface area contributed by atoms with Crippen LogP contribution in [0.3, 0.4) is 0 Å². The van der Waals surface area contributed by atoms with Gasteiger partial charge in [0.1, 0.15) is 0 Å². The van der Waals surface area contributed by atoms with E-state index in [9.17, 15) is 25.1 Å². The van der Waals surface area contributed by atoms with E-state index in [1.165, 1.54) is 12.1 Å². The first-order valence-corrected chi connectivity index (χ1v) is 7.44. The minimum absolute atomic E-state index is 0.0131. The van der Waals surface area contributed by atoms with Crippen molar-refractivity contribution < 1.29 is 19.9 Å². The molecule has 0 saturated heterocycles. The summed E-state index contributed by atoms with van der Waals surface area (Å²) < 4.78 is 0. The molecule has 1 aliphatic heterocycles. The number of nitrogens with one attached hydrogen (secondary N) is 3. The summed E-state index contributed by atoms with van der Waals surface area (Å²) in [7, 11) is 0. The standard InChI is InChI=1S/C14H21N5O5/c1-6(2)10(15)12(20)16-5-7-3-8(19(23)24)4-9-11(7)18-14(22)13(21)17-9/h3-4,6,10,13-14,17-18,21-22H,5,15H2,1-2H3,(H,16,20). The first kappa shape index (κ1) is 17.9. The quantitative estimate of drug-likeness (QED) is 0.314. The molecule has 3 atom stereocenters. The number of hydrogen-bond acceptors (Lipinski definition) is 8. The van der Waals surface area contributed by atoms with Crippen LogP contribution in [0.5, 0.6) is 0 Å². The topological polar surface area (TPSA) is 163 Å². The van der Waals surface area contributed by atoms with Gasteiger partial charge in [0, 0.05) is 24.2 Å². The lowest BCUT2D eigenvalue weighted by Crippen LogP contribution is -2.45. The second-order valence-electron chi connectivity index (χ2n) is 5.95. The number of nitro groups is 1. The van der Waals surface area contributed by atoms with E-state index >= 15 is 0 Å². The van der Waals surface area contributed by atoms with E-state index < -0.39 is 23.4 Å². The van der Waals surface area contributed by atoms with Gasteiger partial charge < -0.3 is 31.9 Å². The largest absolute Gasteiger partial charge is 0.369 e. The Hall–Kier alpha value is -2.43. The molecule has 1 aromatic carbocycles. The Morgan fingerprint density at radius 2 is 2.00 bits per heavy atom. The molecule has 2 rings (SSSR count). The van der Waals surface area contributed by atoms with Crippen molar-refractivity contribution in [3.05, 3.63) is 27.8 Å². The van der Waals surface area contributed by atoms with Crippen LogP contribution in [-0.4, -0.2) is 39.5 Å². The molecule has 0 saturated carbocycles. The molecule has 0 bridgehead atoms. The van der Waals surface area contributed by atoms with Gasteiger partial charge in [0.2, 0.25) is 5.91 Å². The summed E-state index contributed by atoms with van der Waals surface area (Å²) in [6.07, 6.45) is -2.59. The number of amides is 1. The normalized spacial score (nSPS) is 20.6. The SMILES string of the molecule is CC(C)C(N)C(=O)NCc1cc([N+](=O)[O-])cc2c1NC(O)C(O)N2. The van der Waals surface area contributed by atoms with Crippen LogP contribution in [0.2, 0.25) is 0 Å². The molecule has 10 nitrogen and oxygen atoms in total. The Morgan fingerprint density at radius 1 is 1.38 bits per heavy atom. The third-order valence-corrected chi connectivity index (χ3v) is 3.78. The van der Waals surface area contributed by atoms with E-state index in [0.717, 1.165) is 0 Å². The van der Waals surface area contributed by atoms with Gasteiger partial charge in [-0.3, -0.25) is 14.9 Å². The van der Waals surface area contributed by atoms with Crippen molar-refractivity contribution >= 4 is 23.0 Å². The van der Waals surface area contributed by atoms with Crippen LogP contribution in [0.1, 0.15) is 19.4 Å². The molecule has 1 heterocycles. The lowest BCUT2D eigenvalue weighted by atomic mass is 10.0. The number of nitrogens with zero attached hydrogens (tertiary/aromatic N) is 1. The van der Waals surface area contributed by atoms with E-state index in [2.05, 4.69) is 16.0 Å². The van der Waals surface area contributed by atoms with Gasteiger partial charge >= 0.3 is 0 Å². The van der Waals surface area contributed by atoms with Gasteiger partial charge in [-0.1, -0.05) is 13.8 Å². The van der Waals surface area contributed by atoms with Crippen molar-refractivity contribution in [1.82, 2.24) is 5.32 Å². The average molecular weight is 339 g/mol. The zero-order valence-corrected chi connectivity index (χ0v) is 13.3. The molecule has 1 aromatic rings. The molecule has 0 spiro atoms. The molecule has 10 heteroatoms. The number of nitrogens with two attached hydrogens (primary N) is 1. The van der Waals surface area contributed by atoms with Gasteiger partial charge in [0.25, 0.3) is 5.69 Å². The highest BCUT2D eigenvalue weighted by Gasteiger charge is 2.28. The lowest BCUT2D eigenvalue weighted by Gasteiger charge is -2.31. The Balaban J connectivity index is 2.28. The summed E-state index contributed by atoms with van der Waals surface area (Å²) in [5.74, 6) is -0.435. The van der Waals surface area contributed by atoms with Gasteiger partial charge in [0.15, 0.2) is 12.5 Å². The number of carbonyl (C=O) groups excluding carboxylic acids is 1. The van der Waals surface area contributed by atoms with Crippen LogP contribution in [0.15, 0.2) is 12.1 Å². The van der Waals surface area contributed by atoms with Gasteiger partial charge in [-0.25, -0.2) is 0 Å². The van der Waals surface area contributed by atoms with Crippen LogP contribution in [0.4, 0.5) is 17.1 Å². The monoisotopic (exact) mass is 339 g/mol. The lowest BCUT2D eigenvalue weighted by molar-refractivity contribution is -0.384. The summed E-state index contributed by atoms with van der Waals surface area (Å²) in [6.45, 7) is 3.60. The van der Waals surface area contributed by atoms with Crippen molar-refractivity contribution in [3.8, 4) is 0 Å². The number of anilines is 2. The molecule has 3 unspecified atom stereocenters. The van der Waals surface area contributed by atoms with Gasteiger partial charge in [-0.15, -0.1) is 0 Å². The van der Waals surface area contributed by atoms with E-state index in [1.807, 2.05) is 13.8 Å². The van der Waals surface area contributed by atoms with Gasteiger partial charge in [-0.05, 0) is 5.92 Å². The van der Waals surface area contributed by atoms with E-state index in [4.69, 9.17) is 5.73 Å². The molecular weight excluding hydrogens is 318 g/mol. The maximum Gasteiger partial charge on any atom is 0.271 e. The first-order chi connectivity index (χ1) is 11.2. The van der Waals surface area contributed by atoms with E-state index in [-0.39, 0.29) is 29.7 Å². The summed E-state index contributed by atoms with van der Waals surface area (Å²) in [5.41, 5.74) is 6.58. The third kappa shape index (κ3) is 3.72. The fraction of sp³-hybridized carbons (Fsp3) is 0.500. The average Bonchev–Trinajstić information content (AvgIpc) is 2.52. The van der Waals surface area contributed by atoms with Crippen LogP contribution >= 0.6 is 0 Å². The van der Waals surface area contributed by atoms with E-state index in [1.54, 1.807) is 0 Å². The van der Waals surface area contributed by atoms with Crippen LogP contribution in [-0.2, 0) is 11.3 Å². The molecule has 24 heavy (non-hydrogen) atoms. The van der Waals surface area contributed by atoms with E-state index in [0.29, 0.717) is 11.3 Å². The summed E-state index contributed by atoms with van der Waals surface area (Å²) in [6, 6.07) is 1.83. The molecule has 0 aliphatic carbocycles. The second-order valence-corrected chi connectivity index (χ2v) is 5.95. The summed E-state index contributed by atoms with van der Waals surface area (Å²) in [4.78, 5) is 22.4. The van der Waals surface area contributed by atoms with Crippen LogP contribution < -0.4 is 21.7 Å². The number of benzene rings is 1. The van der Waals surface area contributed by atoms with Crippen molar-refractivity contribution in [1.29, 1.82) is 0 Å². The number of fused-ring (bicyclic) bond motifs is 1. The minimum atomic E-state index is -1.31. The Bertz CT molecular complexity index is 651. The number of non-ortho nitro benzene ring substituents is 1. The molecule has 0 aromatic heterocycles. The van der Waals surface area contributed by atoms with Crippen molar-refractivity contribution in [2.75, 3.05) is 10.6 Å². The fourth-order valence-corrected chi connectivity index (χ4v) is 2.28. The Labute approximate surface area is 138 Å². The molecular formula is C14H21N5O5. The number of carbonyl (C=O) groups is 1. The number of aliphatic hydroxyl groups is 2. The fourth-order valence-electron chi connectivity index (χ4n) is 2.28. The molecule has 0 radical (unpaired) electrons. The number of nitro benzene ring substituents is 1. The van der Waals surface area contributed by atoms with Crippen LogP contribution in [0.25, 0.3) is 0 Å². The third-order valence-electron chi connectivity index (χ3n) is 3.78. The number of hydrogen-bond donors (Lipinski definition) is 6. The van der Waals surface area contributed by atoms with Crippen molar-refractivity contribution in [3.63, 3.8) is 0 Å². The van der Waals surface area contributed by atoms with Crippen LogP contribution in [0, 0.1) is 16.0 Å². The molecule has 132 valence electrons. The predicted molar refractivity (Wildman–Crippen MR) is 87.0 cm³/mol. The summed E-state index contributed by atoms with van der Waals surface area (Å²) >= 11 is 0.